The fourth-order valence-corrected chi connectivity index (χ4v) is 2.28. The minimum absolute atomic E-state index is 0.422. The lowest BCUT2D eigenvalue weighted by molar-refractivity contribution is 0.0686. The number of carboxylic acid groups (broad SMARTS) is 1. The molecule has 0 bridgehead atoms. The van der Waals surface area contributed by atoms with Gasteiger partial charge in [0.2, 0.25) is 11.1 Å². The lowest BCUT2D eigenvalue weighted by atomic mass is 10.2. The Labute approximate surface area is 124 Å². The molecule has 0 fully saturated rings. The van der Waals surface area contributed by atoms with E-state index in [1.807, 2.05) is 25.1 Å². The van der Waals surface area contributed by atoms with Gasteiger partial charge in [0.05, 0.1) is 5.69 Å². The van der Waals surface area contributed by atoms with Crippen LogP contribution in [0.25, 0.3) is 5.69 Å². The third-order valence-electron chi connectivity index (χ3n) is 2.92. The third-order valence-corrected chi connectivity index (χ3v) is 3.60. The number of aromatic nitrogens is 2. The Hall–Kier alpha value is -1.95. The van der Waals surface area contributed by atoms with E-state index >= 15 is 0 Å². The van der Waals surface area contributed by atoms with Crippen LogP contribution in [0.5, 0.6) is 0 Å². The van der Waals surface area contributed by atoms with Crippen molar-refractivity contribution >= 4 is 21.9 Å². The highest BCUT2D eigenvalue weighted by Gasteiger charge is 2.16. The van der Waals surface area contributed by atoms with Crippen LogP contribution < -0.4 is 5.43 Å². The van der Waals surface area contributed by atoms with Gasteiger partial charge in [-0.1, -0.05) is 13.0 Å². The molecule has 0 amide bonds. The molecule has 6 heteroatoms. The van der Waals surface area contributed by atoms with Gasteiger partial charge in [-0.15, -0.1) is 0 Å². The van der Waals surface area contributed by atoms with Crippen LogP contribution in [-0.2, 0) is 6.42 Å². The molecular weight excluding hydrogens is 324 g/mol. The molecule has 0 radical (unpaired) electrons. The third kappa shape index (κ3) is 2.65. The first-order valence-corrected chi connectivity index (χ1v) is 6.86. The Morgan fingerprint density at radius 2 is 2.15 bits per heavy atom. The van der Waals surface area contributed by atoms with E-state index in [9.17, 15) is 9.59 Å². The quantitative estimate of drug-likeness (QED) is 0.934. The van der Waals surface area contributed by atoms with Crippen molar-refractivity contribution in [3.63, 3.8) is 0 Å². The second-order valence-corrected chi connectivity index (χ2v) is 5.24. The first-order valence-electron chi connectivity index (χ1n) is 6.06. The summed E-state index contributed by atoms with van der Waals surface area (Å²) in [5.41, 5.74) is 1.14. The number of carboxylic acids is 1. The van der Waals surface area contributed by atoms with E-state index in [-0.39, 0.29) is 0 Å². The highest BCUT2D eigenvalue weighted by molar-refractivity contribution is 9.10. The normalized spacial score (nSPS) is 10.6. The lowest BCUT2D eigenvalue weighted by Gasteiger charge is -2.11. The zero-order chi connectivity index (χ0) is 14.9. The van der Waals surface area contributed by atoms with Crippen LogP contribution in [0.4, 0.5) is 0 Å². The monoisotopic (exact) mass is 336 g/mol. The zero-order valence-electron chi connectivity index (χ0n) is 11.1. The molecule has 0 aliphatic heterocycles. The van der Waals surface area contributed by atoms with Crippen molar-refractivity contribution in [2.75, 3.05) is 0 Å². The number of carbonyl (C=O) groups is 1. The predicted octanol–water partition coefficient (Wildman–Crippen LogP) is 2.56. The fraction of sp³-hybridized carbons (Fsp3) is 0.214. The number of rotatable bonds is 3. The fourth-order valence-electron chi connectivity index (χ4n) is 1.85. The highest BCUT2D eigenvalue weighted by Crippen LogP contribution is 2.21. The van der Waals surface area contributed by atoms with E-state index in [1.54, 1.807) is 13.1 Å². The average Bonchev–Trinajstić information content (AvgIpc) is 2.41. The second-order valence-electron chi connectivity index (χ2n) is 4.39. The van der Waals surface area contributed by atoms with E-state index in [2.05, 4.69) is 21.0 Å². The second kappa shape index (κ2) is 5.58. The van der Waals surface area contributed by atoms with Gasteiger partial charge in [0.25, 0.3) is 0 Å². The van der Waals surface area contributed by atoms with Gasteiger partial charge in [-0.2, -0.15) is 5.10 Å². The van der Waals surface area contributed by atoms with Gasteiger partial charge in [-0.25, -0.2) is 9.48 Å². The summed E-state index contributed by atoms with van der Waals surface area (Å²) < 4.78 is 2.21. The van der Waals surface area contributed by atoms with Crippen LogP contribution in [0.3, 0.4) is 0 Å². The minimum Gasteiger partial charge on any atom is -0.476 e. The minimum atomic E-state index is -1.32. The summed E-state index contributed by atoms with van der Waals surface area (Å²) in [6, 6.07) is 5.65. The van der Waals surface area contributed by atoms with Crippen molar-refractivity contribution in [2.24, 2.45) is 0 Å². The predicted molar refractivity (Wildman–Crippen MR) is 78.6 cm³/mol. The Morgan fingerprint density at radius 1 is 1.45 bits per heavy atom. The Morgan fingerprint density at radius 3 is 2.75 bits per heavy atom. The molecule has 0 atom stereocenters. The highest BCUT2D eigenvalue weighted by atomic mass is 79.9. The van der Waals surface area contributed by atoms with Crippen molar-refractivity contribution in [2.45, 2.75) is 20.3 Å². The van der Waals surface area contributed by atoms with Crippen molar-refractivity contribution in [1.82, 2.24) is 9.78 Å². The van der Waals surface area contributed by atoms with Crippen LogP contribution in [0.2, 0.25) is 0 Å². The van der Waals surface area contributed by atoms with Gasteiger partial charge in [0.1, 0.15) is 0 Å². The number of aryl methyl sites for hydroxylation is 2. The van der Waals surface area contributed by atoms with E-state index in [0.29, 0.717) is 17.7 Å². The first-order chi connectivity index (χ1) is 9.43. The van der Waals surface area contributed by atoms with Gasteiger partial charge in [0, 0.05) is 16.2 Å². The van der Waals surface area contributed by atoms with Crippen LogP contribution in [0, 0.1) is 6.92 Å². The molecule has 1 aromatic carbocycles. The van der Waals surface area contributed by atoms with Crippen molar-refractivity contribution in [3.05, 3.63) is 55.9 Å². The summed E-state index contributed by atoms with van der Waals surface area (Å²) in [5.74, 6) is -1.32. The number of nitrogens with zero attached hydrogens (tertiary/aromatic N) is 2. The van der Waals surface area contributed by atoms with Crippen LogP contribution >= 0.6 is 15.9 Å². The number of benzene rings is 1. The van der Waals surface area contributed by atoms with Crippen LogP contribution in [-0.4, -0.2) is 20.9 Å². The molecule has 20 heavy (non-hydrogen) atoms. The van der Waals surface area contributed by atoms with E-state index < -0.39 is 17.1 Å². The van der Waals surface area contributed by atoms with E-state index in [0.717, 1.165) is 10.0 Å². The average molecular weight is 337 g/mol. The summed E-state index contributed by atoms with van der Waals surface area (Å²) in [7, 11) is 0. The molecule has 0 spiro atoms. The first kappa shape index (κ1) is 14.5. The molecule has 0 saturated carbocycles. The Balaban J connectivity index is 2.75. The number of aromatic carboxylic acids is 1. The van der Waals surface area contributed by atoms with Crippen molar-refractivity contribution in [1.29, 1.82) is 0 Å². The summed E-state index contributed by atoms with van der Waals surface area (Å²) >= 11 is 3.41. The summed E-state index contributed by atoms with van der Waals surface area (Å²) in [5, 5.41) is 13.0. The molecule has 1 aromatic heterocycles. The molecule has 1 N–H and O–H groups in total. The summed E-state index contributed by atoms with van der Waals surface area (Å²) in [6.07, 6.45) is 2.03. The molecule has 2 aromatic rings. The van der Waals surface area contributed by atoms with Crippen molar-refractivity contribution in [3.8, 4) is 5.69 Å². The molecule has 0 aliphatic rings. The maximum absolute atomic E-state index is 11.9. The smallest absolute Gasteiger partial charge is 0.360 e. The standard InChI is InChI=1S/C14H13BrN2O3/c1-3-9-7-17(16-12(13(9)18)14(19)20)11-6-8(2)4-5-10(11)15/h4-7H,3H2,1-2H3,(H,19,20). The molecular formula is C14H13BrN2O3. The topological polar surface area (TPSA) is 72.2 Å². The molecule has 0 aliphatic carbocycles. The van der Waals surface area contributed by atoms with Gasteiger partial charge in [0.15, 0.2) is 0 Å². The summed E-state index contributed by atoms with van der Waals surface area (Å²) in [4.78, 5) is 23.0. The molecule has 0 unspecified atom stereocenters. The Bertz CT molecular complexity index is 738. The molecule has 1 heterocycles. The maximum atomic E-state index is 11.9. The molecule has 2 rings (SSSR count). The van der Waals surface area contributed by atoms with Crippen LogP contribution in [0.15, 0.2) is 33.7 Å². The number of halogens is 1. The molecule has 104 valence electrons. The van der Waals surface area contributed by atoms with E-state index in [1.165, 1.54) is 4.68 Å². The molecule has 0 saturated heterocycles. The van der Waals surface area contributed by atoms with Gasteiger partial charge in [-0.3, -0.25) is 4.79 Å². The number of hydrogen-bond acceptors (Lipinski definition) is 3. The maximum Gasteiger partial charge on any atom is 0.360 e. The van der Waals surface area contributed by atoms with E-state index in [4.69, 9.17) is 5.11 Å². The number of hydrogen-bond donors (Lipinski definition) is 1. The SMILES string of the molecule is CCc1cn(-c2cc(C)ccc2Br)nc(C(=O)O)c1=O. The van der Waals surface area contributed by atoms with Gasteiger partial charge >= 0.3 is 5.97 Å². The van der Waals surface area contributed by atoms with Gasteiger partial charge < -0.3 is 5.11 Å². The largest absolute Gasteiger partial charge is 0.476 e. The van der Waals surface area contributed by atoms with Crippen LogP contribution in [0.1, 0.15) is 28.5 Å². The summed E-state index contributed by atoms with van der Waals surface area (Å²) in [6.45, 7) is 3.73. The zero-order valence-corrected chi connectivity index (χ0v) is 12.6. The molecule has 5 nitrogen and oxygen atoms in total. The lowest BCUT2D eigenvalue weighted by Crippen LogP contribution is -2.24. The Kier molecular flexibility index (Phi) is 4.04. The van der Waals surface area contributed by atoms with Gasteiger partial charge in [-0.05, 0) is 47.0 Å². The van der Waals surface area contributed by atoms with Crippen molar-refractivity contribution < 1.29 is 9.90 Å².